The molecule has 0 radical (unpaired) electrons. The maximum atomic E-state index is 12.4. The Bertz CT molecular complexity index is 963. The molecule has 0 atom stereocenters. The normalized spacial score (nSPS) is 20.0. The van der Waals surface area contributed by atoms with Crippen LogP contribution >= 0.6 is 11.6 Å². The standard InChI is InChI=1S/C23H25ClN2O2.CO2/c24-21-9-8-18(17-6-7-17)14-19(21)15-25-12-10-23(11-13-25)16-26(22(27)28-23)20-4-2-1-3-5-20;2-1-3/h1-5,8-9,14,17H,6-7,10-13,15-16H2;. The lowest BCUT2D eigenvalue weighted by atomic mass is 9.91. The van der Waals surface area contributed by atoms with Gasteiger partial charge in [-0.1, -0.05) is 41.9 Å². The SMILES string of the molecule is O=C1OC2(CCN(Cc3cc(C4CC4)ccc3Cl)CC2)CN1c1ccccc1.O=C=O. The molecule has 1 spiro atoms. The minimum absolute atomic E-state index is 0.222. The Balaban J connectivity index is 0.000000730. The largest absolute Gasteiger partial charge is 0.441 e. The number of hydrogen-bond acceptors (Lipinski definition) is 5. The summed E-state index contributed by atoms with van der Waals surface area (Å²) in [5, 5.41) is 0.854. The van der Waals surface area contributed by atoms with Gasteiger partial charge in [-0.2, -0.15) is 9.59 Å². The fourth-order valence-electron chi connectivity index (χ4n) is 4.44. The van der Waals surface area contributed by atoms with Crippen LogP contribution in [0.25, 0.3) is 0 Å². The summed E-state index contributed by atoms with van der Waals surface area (Å²) in [5.41, 5.74) is 3.20. The number of rotatable bonds is 4. The maximum Gasteiger partial charge on any atom is 0.415 e. The van der Waals surface area contributed by atoms with Crippen LogP contribution in [0.5, 0.6) is 0 Å². The van der Waals surface area contributed by atoms with Gasteiger partial charge in [-0.15, -0.1) is 0 Å². The topological polar surface area (TPSA) is 66.9 Å². The van der Waals surface area contributed by atoms with Crippen molar-refractivity contribution in [2.75, 3.05) is 24.5 Å². The Morgan fingerprint density at radius 2 is 1.74 bits per heavy atom. The summed E-state index contributed by atoms with van der Waals surface area (Å²) < 4.78 is 5.87. The number of benzene rings is 2. The van der Waals surface area contributed by atoms with Crippen LogP contribution in [-0.4, -0.2) is 42.4 Å². The third-order valence-electron chi connectivity index (χ3n) is 6.32. The molecule has 2 aliphatic heterocycles. The number of carbonyl (C=O) groups is 1. The van der Waals surface area contributed by atoms with Crippen molar-refractivity contribution in [2.24, 2.45) is 0 Å². The van der Waals surface area contributed by atoms with E-state index in [0.29, 0.717) is 6.54 Å². The highest BCUT2D eigenvalue weighted by Crippen LogP contribution is 2.41. The van der Waals surface area contributed by atoms with Gasteiger partial charge in [0.1, 0.15) is 5.60 Å². The quantitative estimate of drug-likeness (QED) is 0.693. The third-order valence-corrected chi connectivity index (χ3v) is 6.69. The Labute approximate surface area is 186 Å². The summed E-state index contributed by atoms with van der Waals surface area (Å²) in [5.74, 6) is 0.738. The van der Waals surface area contributed by atoms with E-state index in [1.807, 2.05) is 36.4 Å². The lowest BCUT2D eigenvalue weighted by Gasteiger charge is -2.37. The fourth-order valence-corrected chi connectivity index (χ4v) is 4.61. The van der Waals surface area contributed by atoms with Crippen molar-refractivity contribution in [3.63, 3.8) is 0 Å². The molecule has 0 bridgehead atoms. The number of para-hydroxylation sites is 1. The molecule has 2 aromatic carbocycles. The first kappa shape index (κ1) is 21.6. The minimum atomic E-state index is -0.358. The maximum absolute atomic E-state index is 12.4. The lowest BCUT2D eigenvalue weighted by Crippen LogP contribution is -2.46. The Kier molecular flexibility index (Phi) is 6.42. The molecule has 5 rings (SSSR count). The van der Waals surface area contributed by atoms with Gasteiger partial charge in [-0.3, -0.25) is 9.80 Å². The molecule has 162 valence electrons. The smallest absolute Gasteiger partial charge is 0.415 e. The van der Waals surface area contributed by atoms with E-state index in [1.54, 1.807) is 4.90 Å². The zero-order valence-electron chi connectivity index (χ0n) is 17.3. The zero-order valence-corrected chi connectivity index (χ0v) is 18.0. The Hall–Kier alpha value is -2.66. The third kappa shape index (κ3) is 4.99. The summed E-state index contributed by atoms with van der Waals surface area (Å²) in [4.78, 5) is 32.9. The van der Waals surface area contributed by atoms with Crippen molar-refractivity contribution in [1.82, 2.24) is 4.90 Å². The van der Waals surface area contributed by atoms with Crippen LogP contribution in [0.2, 0.25) is 5.02 Å². The molecule has 2 heterocycles. The van der Waals surface area contributed by atoms with Crippen LogP contribution in [0.15, 0.2) is 48.5 Å². The summed E-state index contributed by atoms with van der Waals surface area (Å²) in [6.07, 6.45) is 4.36. The van der Waals surface area contributed by atoms with Crippen LogP contribution in [0.1, 0.15) is 42.7 Å². The first-order valence-electron chi connectivity index (χ1n) is 10.6. The molecule has 6 nitrogen and oxygen atoms in total. The molecule has 1 amide bonds. The molecule has 0 aromatic heterocycles. The number of halogens is 1. The molecule has 2 saturated heterocycles. The van der Waals surface area contributed by atoms with Gasteiger partial charge in [0.15, 0.2) is 0 Å². The number of likely N-dealkylation sites (tertiary alicyclic amines) is 1. The second kappa shape index (κ2) is 9.23. The van der Waals surface area contributed by atoms with Crippen molar-refractivity contribution >= 4 is 29.5 Å². The molecule has 7 heteroatoms. The van der Waals surface area contributed by atoms with Gasteiger partial charge in [0, 0.05) is 43.2 Å². The minimum Gasteiger partial charge on any atom is -0.441 e. The van der Waals surface area contributed by atoms with Gasteiger partial charge in [0.25, 0.3) is 0 Å². The number of anilines is 1. The van der Waals surface area contributed by atoms with Crippen molar-refractivity contribution in [2.45, 2.75) is 43.7 Å². The van der Waals surface area contributed by atoms with E-state index >= 15 is 0 Å². The van der Waals surface area contributed by atoms with Crippen LogP contribution in [0.4, 0.5) is 10.5 Å². The lowest BCUT2D eigenvalue weighted by molar-refractivity contribution is -0.191. The van der Waals surface area contributed by atoms with E-state index in [1.165, 1.54) is 24.0 Å². The van der Waals surface area contributed by atoms with E-state index in [4.69, 9.17) is 25.9 Å². The van der Waals surface area contributed by atoms with Gasteiger partial charge >= 0.3 is 12.2 Å². The molecule has 3 aliphatic rings. The average Bonchev–Trinajstić information content (AvgIpc) is 3.57. The van der Waals surface area contributed by atoms with Gasteiger partial charge in [0.05, 0.1) is 6.54 Å². The summed E-state index contributed by atoms with van der Waals surface area (Å²) >= 11 is 6.46. The van der Waals surface area contributed by atoms with Crippen molar-refractivity contribution in [3.05, 3.63) is 64.7 Å². The van der Waals surface area contributed by atoms with Gasteiger partial charge in [-0.25, -0.2) is 4.79 Å². The van der Waals surface area contributed by atoms with E-state index in [-0.39, 0.29) is 17.8 Å². The van der Waals surface area contributed by atoms with E-state index < -0.39 is 0 Å². The molecule has 0 N–H and O–H groups in total. The monoisotopic (exact) mass is 440 g/mol. The summed E-state index contributed by atoms with van der Waals surface area (Å²) in [7, 11) is 0. The van der Waals surface area contributed by atoms with Crippen molar-refractivity contribution in [3.8, 4) is 0 Å². The highest BCUT2D eigenvalue weighted by Gasteiger charge is 2.47. The number of nitrogens with zero attached hydrogens (tertiary/aromatic N) is 2. The summed E-state index contributed by atoms with van der Waals surface area (Å²) in [6, 6.07) is 16.3. The second-order valence-corrected chi connectivity index (χ2v) is 8.86. The second-order valence-electron chi connectivity index (χ2n) is 8.46. The number of piperidine rings is 1. The molecule has 0 unspecified atom stereocenters. The number of carbonyl (C=O) groups excluding carboxylic acids is 3. The molecule has 31 heavy (non-hydrogen) atoms. The van der Waals surface area contributed by atoms with E-state index in [0.717, 1.165) is 49.1 Å². The van der Waals surface area contributed by atoms with Gasteiger partial charge in [-0.05, 0) is 48.1 Å². The van der Waals surface area contributed by atoms with Crippen molar-refractivity contribution < 1.29 is 19.1 Å². The first-order chi connectivity index (χ1) is 15.0. The number of ether oxygens (including phenoxy) is 1. The summed E-state index contributed by atoms with van der Waals surface area (Å²) in [6.45, 7) is 3.34. The zero-order chi connectivity index (χ0) is 21.8. The van der Waals surface area contributed by atoms with Crippen molar-refractivity contribution in [1.29, 1.82) is 0 Å². The predicted molar refractivity (Wildman–Crippen MR) is 116 cm³/mol. The number of amides is 1. The molecular formula is C24H25ClN2O4. The average molecular weight is 441 g/mol. The fraction of sp³-hybridized carbons (Fsp3) is 0.417. The van der Waals surface area contributed by atoms with E-state index in [2.05, 4.69) is 17.0 Å². The molecule has 1 aliphatic carbocycles. The van der Waals surface area contributed by atoms with Crippen LogP contribution in [-0.2, 0) is 20.9 Å². The molecule has 3 fully saturated rings. The van der Waals surface area contributed by atoms with Crippen LogP contribution in [0.3, 0.4) is 0 Å². The Morgan fingerprint density at radius 1 is 1.06 bits per heavy atom. The molecular weight excluding hydrogens is 416 g/mol. The Morgan fingerprint density at radius 3 is 2.39 bits per heavy atom. The highest BCUT2D eigenvalue weighted by atomic mass is 35.5. The highest BCUT2D eigenvalue weighted by molar-refractivity contribution is 6.31. The number of hydrogen-bond donors (Lipinski definition) is 0. The molecule has 2 aromatic rings. The molecule has 1 saturated carbocycles. The van der Waals surface area contributed by atoms with Crippen LogP contribution < -0.4 is 4.90 Å². The van der Waals surface area contributed by atoms with Crippen LogP contribution in [0, 0.1) is 0 Å². The van der Waals surface area contributed by atoms with Gasteiger partial charge < -0.3 is 4.74 Å². The predicted octanol–water partition coefficient (Wildman–Crippen LogP) is 4.63. The first-order valence-corrected chi connectivity index (χ1v) is 11.0. The van der Waals surface area contributed by atoms with E-state index in [9.17, 15) is 4.79 Å². The van der Waals surface area contributed by atoms with Gasteiger partial charge in [0.2, 0.25) is 0 Å².